The minimum Gasteiger partial charge on any atom is -0.469 e. The van der Waals surface area contributed by atoms with E-state index in [0.29, 0.717) is 18.5 Å². The van der Waals surface area contributed by atoms with Gasteiger partial charge in [0, 0.05) is 29.2 Å². The van der Waals surface area contributed by atoms with Crippen LogP contribution in [0.3, 0.4) is 0 Å². The molecule has 0 saturated carbocycles. The molecule has 1 N–H and O–H groups in total. The Morgan fingerprint density at radius 1 is 1.20 bits per heavy atom. The Hall–Kier alpha value is -1.79. The van der Waals surface area contributed by atoms with Gasteiger partial charge in [-0.1, -0.05) is 0 Å². The van der Waals surface area contributed by atoms with E-state index in [9.17, 15) is 13.2 Å². The van der Waals surface area contributed by atoms with Crippen molar-refractivity contribution in [3.63, 3.8) is 0 Å². The van der Waals surface area contributed by atoms with Crippen molar-refractivity contribution >= 4 is 25.6 Å². The molecular weight excluding hydrogens is 302 g/mol. The summed E-state index contributed by atoms with van der Waals surface area (Å²) in [4.78, 5) is 11.8. The number of benzene rings is 1. The lowest BCUT2D eigenvalue weighted by atomic mass is 10.2. The van der Waals surface area contributed by atoms with Crippen molar-refractivity contribution in [1.82, 2.24) is 5.32 Å². The summed E-state index contributed by atoms with van der Waals surface area (Å²) in [6.45, 7) is 0.432. The Bertz CT molecular complexity index is 678. The molecule has 0 unspecified atom stereocenters. The van der Waals surface area contributed by atoms with E-state index in [-0.39, 0.29) is 10.8 Å². The first-order valence-electron chi connectivity index (χ1n) is 5.82. The molecule has 1 amide bonds. The fourth-order valence-electron chi connectivity index (χ4n) is 1.62. The molecule has 7 heteroatoms. The van der Waals surface area contributed by atoms with Crippen LogP contribution in [0.1, 0.15) is 16.1 Å². The SMILES string of the molecule is O=C(NCCc1ccco1)c1ccc(S(=O)(=O)Cl)cc1. The van der Waals surface area contributed by atoms with Gasteiger partial charge >= 0.3 is 0 Å². The number of amides is 1. The van der Waals surface area contributed by atoms with E-state index in [4.69, 9.17) is 15.1 Å². The molecule has 1 aromatic heterocycles. The fraction of sp³-hybridized carbons (Fsp3) is 0.154. The molecule has 0 atom stereocenters. The van der Waals surface area contributed by atoms with E-state index >= 15 is 0 Å². The van der Waals surface area contributed by atoms with Crippen LogP contribution in [0.4, 0.5) is 0 Å². The molecule has 106 valence electrons. The summed E-state index contributed by atoms with van der Waals surface area (Å²) in [5.74, 6) is 0.504. The number of furan rings is 1. The summed E-state index contributed by atoms with van der Waals surface area (Å²) in [5.41, 5.74) is 0.369. The van der Waals surface area contributed by atoms with Gasteiger partial charge in [-0.15, -0.1) is 0 Å². The van der Waals surface area contributed by atoms with Gasteiger partial charge in [0.05, 0.1) is 11.2 Å². The lowest BCUT2D eigenvalue weighted by molar-refractivity contribution is 0.0953. The highest BCUT2D eigenvalue weighted by Crippen LogP contribution is 2.15. The molecule has 0 saturated heterocycles. The second kappa shape index (κ2) is 6.11. The van der Waals surface area contributed by atoms with Gasteiger partial charge in [-0.05, 0) is 36.4 Å². The number of nitrogens with one attached hydrogen (secondary N) is 1. The van der Waals surface area contributed by atoms with Gasteiger partial charge in [0.25, 0.3) is 15.0 Å². The summed E-state index contributed by atoms with van der Waals surface area (Å²) in [7, 11) is 1.43. The van der Waals surface area contributed by atoms with E-state index < -0.39 is 9.05 Å². The molecule has 20 heavy (non-hydrogen) atoms. The minimum absolute atomic E-state index is 0.0358. The zero-order chi connectivity index (χ0) is 14.6. The van der Waals surface area contributed by atoms with Crippen LogP contribution in [-0.2, 0) is 15.5 Å². The van der Waals surface area contributed by atoms with Gasteiger partial charge in [-0.3, -0.25) is 4.79 Å². The van der Waals surface area contributed by atoms with Gasteiger partial charge in [0.15, 0.2) is 0 Å². The molecule has 5 nitrogen and oxygen atoms in total. The van der Waals surface area contributed by atoms with Crippen molar-refractivity contribution in [3.8, 4) is 0 Å². The van der Waals surface area contributed by atoms with Crippen molar-refractivity contribution in [2.45, 2.75) is 11.3 Å². The smallest absolute Gasteiger partial charge is 0.261 e. The summed E-state index contributed by atoms with van der Waals surface area (Å²) >= 11 is 0. The normalized spacial score (nSPS) is 11.2. The summed E-state index contributed by atoms with van der Waals surface area (Å²) in [6, 6.07) is 9.03. The van der Waals surface area contributed by atoms with Gasteiger partial charge in [-0.2, -0.15) is 0 Å². The Morgan fingerprint density at radius 3 is 2.45 bits per heavy atom. The second-order valence-electron chi connectivity index (χ2n) is 4.05. The van der Waals surface area contributed by atoms with Crippen molar-refractivity contribution in [1.29, 1.82) is 0 Å². The van der Waals surface area contributed by atoms with E-state index in [2.05, 4.69) is 5.32 Å². The first kappa shape index (κ1) is 14.6. The van der Waals surface area contributed by atoms with Crippen LogP contribution in [0.2, 0.25) is 0 Å². The van der Waals surface area contributed by atoms with Crippen molar-refractivity contribution in [2.75, 3.05) is 6.54 Å². The maximum atomic E-state index is 11.8. The number of carbonyl (C=O) groups excluding carboxylic acids is 1. The quantitative estimate of drug-likeness (QED) is 0.858. The minimum atomic E-state index is -3.76. The average Bonchev–Trinajstić information content (AvgIpc) is 2.91. The van der Waals surface area contributed by atoms with Crippen LogP contribution < -0.4 is 5.32 Å². The molecule has 2 aromatic rings. The number of hydrogen-bond donors (Lipinski definition) is 1. The topological polar surface area (TPSA) is 76.4 Å². The van der Waals surface area contributed by atoms with Crippen LogP contribution in [0, 0.1) is 0 Å². The Balaban J connectivity index is 1.92. The van der Waals surface area contributed by atoms with Crippen molar-refractivity contribution in [2.24, 2.45) is 0 Å². The highest BCUT2D eigenvalue weighted by atomic mass is 35.7. The molecule has 1 heterocycles. The molecule has 0 radical (unpaired) electrons. The third-order valence-corrected chi connectivity index (χ3v) is 4.00. The number of rotatable bonds is 5. The van der Waals surface area contributed by atoms with E-state index in [0.717, 1.165) is 5.76 Å². The van der Waals surface area contributed by atoms with Gasteiger partial charge < -0.3 is 9.73 Å². The highest BCUT2D eigenvalue weighted by Gasteiger charge is 2.11. The molecule has 2 rings (SSSR count). The number of halogens is 1. The monoisotopic (exact) mass is 313 g/mol. The average molecular weight is 314 g/mol. The van der Waals surface area contributed by atoms with Gasteiger partial charge in [0.2, 0.25) is 0 Å². The summed E-state index contributed by atoms with van der Waals surface area (Å²) in [6.07, 6.45) is 2.16. The molecule has 0 aliphatic heterocycles. The lowest BCUT2D eigenvalue weighted by Crippen LogP contribution is -2.25. The van der Waals surface area contributed by atoms with Crippen molar-refractivity contribution in [3.05, 3.63) is 54.0 Å². The lowest BCUT2D eigenvalue weighted by Gasteiger charge is -2.04. The largest absolute Gasteiger partial charge is 0.469 e. The first-order valence-corrected chi connectivity index (χ1v) is 8.13. The number of carbonyl (C=O) groups is 1. The molecule has 0 fully saturated rings. The molecule has 0 aliphatic rings. The Labute approximate surface area is 121 Å². The first-order chi connectivity index (χ1) is 9.47. The number of hydrogen-bond acceptors (Lipinski definition) is 4. The molecular formula is C13H12ClNO4S. The van der Waals surface area contributed by atoms with Crippen LogP contribution in [0.5, 0.6) is 0 Å². The molecule has 1 aromatic carbocycles. The van der Waals surface area contributed by atoms with E-state index in [1.165, 1.54) is 24.3 Å². The van der Waals surface area contributed by atoms with Crippen LogP contribution >= 0.6 is 10.7 Å². The molecule has 0 bridgehead atoms. The third kappa shape index (κ3) is 3.85. The van der Waals surface area contributed by atoms with E-state index in [1.54, 1.807) is 12.3 Å². The van der Waals surface area contributed by atoms with E-state index in [1.807, 2.05) is 6.07 Å². The Morgan fingerprint density at radius 2 is 1.90 bits per heavy atom. The predicted molar refractivity (Wildman–Crippen MR) is 74.2 cm³/mol. The highest BCUT2D eigenvalue weighted by molar-refractivity contribution is 8.13. The maximum absolute atomic E-state index is 11.8. The van der Waals surface area contributed by atoms with Gasteiger partial charge in [0.1, 0.15) is 5.76 Å². The van der Waals surface area contributed by atoms with Crippen molar-refractivity contribution < 1.29 is 17.6 Å². The fourth-order valence-corrected chi connectivity index (χ4v) is 2.39. The third-order valence-electron chi connectivity index (χ3n) is 2.64. The maximum Gasteiger partial charge on any atom is 0.261 e. The van der Waals surface area contributed by atoms with Crippen LogP contribution in [0.15, 0.2) is 52.0 Å². The van der Waals surface area contributed by atoms with Gasteiger partial charge in [-0.25, -0.2) is 8.42 Å². The van der Waals surface area contributed by atoms with Crippen LogP contribution in [-0.4, -0.2) is 20.9 Å². The molecule has 0 aliphatic carbocycles. The summed E-state index contributed by atoms with van der Waals surface area (Å²) < 4.78 is 27.3. The second-order valence-corrected chi connectivity index (χ2v) is 6.61. The van der Waals surface area contributed by atoms with Crippen LogP contribution in [0.25, 0.3) is 0 Å². The summed E-state index contributed by atoms with van der Waals surface area (Å²) in [5, 5.41) is 2.71. The molecule has 0 spiro atoms. The predicted octanol–water partition coefficient (Wildman–Crippen LogP) is 2.18. The zero-order valence-corrected chi connectivity index (χ0v) is 11.9. The Kier molecular flexibility index (Phi) is 4.46. The zero-order valence-electron chi connectivity index (χ0n) is 10.4. The standard InChI is InChI=1S/C13H12ClNO4S/c14-20(17,18)12-5-3-10(4-6-12)13(16)15-8-7-11-2-1-9-19-11/h1-6,9H,7-8H2,(H,15,16).